The van der Waals surface area contributed by atoms with E-state index < -0.39 is 6.09 Å². The van der Waals surface area contributed by atoms with Crippen LogP contribution < -0.4 is 15.0 Å². The molecule has 1 aliphatic heterocycles. The van der Waals surface area contributed by atoms with Crippen molar-refractivity contribution in [2.45, 2.75) is 13.0 Å². The Morgan fingerprint density at radius 3 is 2.95 bits per heavy atom. The first kappa shape index (κ1) is 14.5. The smallest absolute Gasteiger partial charge is 0.414 e. The van der Waals surface area contributed by atoms with Gasteiger partial charge in [0.25, 0.3) is 0 Å². The Balaban J connectivity index is 2.07. The van der Waals surface area contributed by atoms with Gasteiger partial charge in [0.1, 0.15) is 11.9 Å². The van der Waals surface area contributed by atoms with Gasteiger partial charge in [-0.25, -0.2) is 4.79 Å². The number of cyclic esters (lactones) is 1. The van der Waals surface area contributed by atoms with Crippen LogP contribution in [0.15, 0.2) is 18.2 Å². The summed E-state index contributed by atoms with van der Waals surface area (Å²) in [5.41, 5.74) is 0.631. The fourth-order valence-corrected chi connectivity index (χ4v) is 2.17. The predicted molar refractivity (Wildman–Crippen MR) is 74.3 cm³/mol. The van der Waals surface area contributed by atoms with Gasteiger partial charge in [-0.3, -0.25) is 9.69 Å². The van der Waals surface area contributed by atoms with E-state index in [0.717, 1.165) is 0 Å². The Bertz CT molecular complexity index is 535. The van der Waals surface area contributed by atoms with Crippen molar-refractivity contribution in [1.29, 1.82) is 0 Å². The Labute approximate surface area is 121 Å². The van der Waals surface area contributed by atoms with Crippen LogP contribution in [0.5, 0.6) is 5.75 Å². The highest BCUT2D eigenvalue weighted by atomic mass is 35.5. The normalized spacial score (nSPS) is 17.9. The molecule has 1 saturated heterocycles. The number of nitrogens with zero attached hydrogens (tertiary/aromatic N) is 1. The van der Waals surface area contributed by atoms with E-state index in [9.17, 15) is 9.59 Å². The zero-order valence-electron chi connectivity index (χ0n) is 11.2. The van der Waals surface area contributed by atoms with Crippen LogP contribution in [0.4, 0.5) is 10.5 Å². The maximum Gasteiger partial charge on any atom is 0.414 e. The molecule has 0 bridgehead atoms. The van der Waals surface area contributed by atoms with Crippen LogP contribution in [0.1, 0.15) is 6.92 Å². The SMILES string of the molecule is COc1ccc(N2CC(CNC(C)=O)OC2=O)cc1Cl. The van der Waals surface area contributed by atoms with Gasteiger partial charge in [-0.15, -0.1) is 0 Å². The number of carbonyl (C=O) groups excluding carboxylic acids is 2. The summed E-state index contributed by atoms with van der Waals surface area (Å²) in [6, 6.07) is 5.06. The summed E-state index contributed by atoms with van der Waals surface area (Å²) in [4.78, 5) is 24.1. The quantitative estimate of drug-likeness (QED) is 0.920. The summed E-state index contributed by atoms with van der Waals surface area (Å²) in [6.45, 7) is 2.07. The largest absolute Gasteiger partial charge is 0.495 e. The highest BCUT2D eigenvalue weighted by Gasteiger charge is 2.32. The molecule has 0 saturated carbocycles. The summed E-state index contributed by atoms with van der Waals surface area (Å²) in [5.74, 6) is 0.379. The van der Waals surface area contributed by atoms with Crippen molar-refractivity contribution < 1.29 is 19.1 Å². The third-order valence-corrected chi connectivity index (χ3v) is 3.20. The number of methoxy groups -OCH3 is 1. The van der Waals surface area contributed by atoms with E-state index in [2.05, 4.69) is 5.32 Å². The molecule has 0 aromatic heterocycles. The fraction of sp³-hybridized carbons (Fsp3) is 0.385. The summed E-state index contributed by atoms with van der Waals surface area (Å²) in [7, 11) is 1.52. The average Bonchev–Trinajstić information content (AvgIpc) is 2.77. The number of amides is 2. The molecular weight excluding hydrogens is 284 g/mol. The van der Waals surface area contributed by atoms with Gasteiger partial charge < -0.3 is 14.8 Å². The molecule has 0 radical (unpaired) electrons. The number of carbonyl (C=O) groups is 2. The second-order valence-corrected chi connectivity index (χ2v) is 4.78. The van der Waals surface area contributed by atoms with Crippen LogP contribution in [-0.4, -0.2) is 38.3 Å². The molecule has 1 heterocycles. The molecule has 1 fully saturated rings. The van der Waals surface area contributed by atoms with Gasteiger partial charge in [-0.05, 0) is 18.2 Å². The third-order valence-electron chi connectivity index (χ3n) is 2.90. The molecule has 2 rings (SSSR count). The molecule has 7 heteroatoms. The van der Waals surface area contributed by atoms with Crippen LogP contribution >= 0.6 is 11.6 Å². The maximum absolute atomic E-state index is 11.8. The number of nitrogens with one attached hydrogen (secondary N) is 1. The Kier molecular flexibility index (Phi) is 4.34. The zero-order chi connectivity index (χ0) is 14.7. The van der Waals surface area contributed by atoms with Crippen LogP contribution in [0.3, 0.4) is 0 Å². The zero-order valence-corrected chi connectivity index (χ0v) is 11.9. The molecule has 1 aromatic rings. The number of rotatable bonds is 4. The standard InChI is InChI=1S/C13H15ClN2O4/c1-8(17)15-6-10-7-16(13(18)20-10)9-3-4-12(19-2)11(14)5-9/h3-5,10H,6-7H2,1-2H3,(H,15,17). The molecule has 1 aromatic carbocycles. The van der Waals surface area contributed by atoms with Gasteiger partial charge in [0, 0.05) is 12.6 Å². The Morgan fingerprint density at radius 1 is 1.60 bits per heavy atom. The molecule has 0 spiro atoms. The number of hydrogen-bond donors (Lipinski definition) is 1. The summed E-state index contributed by atoms with van der Waals surface area (Å²) in [6.07, 6.45) is -0.825. The maximum atomic E-state index is 11.8. The number of halogens is 1. The van der Waals surface area contributed by atoms with Gasteiger partial charge in [-0.1, -0.05) is 11.6 Å². The van der Waals surface area contributed by atoms with Crippen LogP contribution in [0.25, 0.3) is 0 Å². The van der Waals surface area contributed by atoms with Gasteiger partial charge in [0.05, 0.1) is 25.2 Å². The molecule has 6 nitrogen and oxygen atoms in total. The van der Waals surface area contributed by atoms with E-state index in [1.807, 2.05) is 0 Å². The van der Waals surface area contributed by atoms with Gasteiger partial charge in [-0.2, -0.15) is 0 Å². The molecule has 20 heavy (non-hydrogen) atoms. The lowest BCUT2D eigenvalue weighted by atomic mass is 10.2. The van der Waals surface area contributed by atoms with E-state index in [1.165, 1.54) is 18.9 Å². The van der Waals surface area contributed by atoms with Crippen molar-refractivity contribution >= 4 is 29.3 Å². The molecule has 1 aliphatic rings. The van der Waals surface area contributed by atoms with E-state index >= 15 is 0 Å². The summed E-state index contributed by atoms with van der Waals surface area (Å²) >= 11 is 6.03. The van der Waals surface area contributed by atoms with E-state index in [0.29, 0.717) is 29.5 Å². The van der Waals surface area contributed by atoms with Crippen molar-refractivity contribution in [2.24, 2.45) is 0 Å². The number of hydrogen-bond acceptors (Lipinski definition) is 4. The van der Waals surface area contributed by atoms with Crippen molar-refractivity contribution in [3.05, 3.63) is 23.2 Å². The molecule has 0 aliphatic carbocycles. The Morgan fingerprint density at radius 2 is 2.35 bits per heavy atom. The van der Waals surface area contributed by atoms with E-state index in [4.69, 9.17) is 21.1 Å². The van der Waals surface area contributed by atoms with E-state index in [-0.39, 0.29) is 12.0 Å². The molecule has 108 valence electrons. The fourth-order valence-electron chi connectivity index (χ4n) is 1.92. The lowest BCUT2D eigenvalue weighted by Gasteiger charge is -2.14. The number of ether oxygens (including phenoxy) is 2. The monoisotopic (exact) mass is 298 g/mol. The first-order chi connectivity index (χ1) is 9.51. The molecular formula is C13H15ClN2O4. The average molecular weight is 299 g/mol. The minimum Gasteiger partial charge on any atom is -0.495 e. The highest BCUT2D eigenvalue weighted by molar-refractivity contribution is 6.32. The molecule has 1 unspecified atom stereocenters. The van der Waals surface area contributed by atoms with Crippen LogP contribution in [0.2, 0.25) is 5.02 Å². The molecule has 1 atom stereocenters. The lowest BCUT2D eigenvalue weighted by Crippen LogP contribution is -2.33. The second kappa shape index (κ2) is 6.00. The lowest BCUT2D eigenvalue weighted by molar-refractivity contribution is -0.119. The van der Waals surface area contributed by atoms with Crippen molar-refractivity contribution in [3.8, 4) is 5.75 Å². The minimum atomic E-state index is -0.457. The predicted octanol–water partition coefficient (Wildman–Crippen LogP) is 1.81. The summed E-state index contributed by atoms with van der Waals surface area (Å²) in [5, 5.41) is 3.04. The number of anilines is 1. The highest BCUT2D eigenvalue weighted by Crippen LogP contribution is 2.31. The molecule has 1 N–H and O–H groups in total. The first-order valence-electron chi connectivity index (χ1n) is 6.07. The van der Waals surface area contributed by atoms with E-state index in [1.54, 1.807) is 18.2 Å². The van der Waals surface area contributed by atoms with Gasteiger partial charge >= 0.3 is 6.09 Å². The third kappa shape index (κ3) is 3.14. The van der Waals surface area contributed by atoms with Crippen LogP contribution in [-0.2, 0) is 9.53 Å². The van der Waals surface area contributed by atoms with Crippen molar-refractivity contribution in [3.63, 3.8) is 0 Å². The van der Waals surface area contributed by atoms with Gasteiger partial charge in [0.15, 0.2) is 0 Å². The second-order valence-electron chi connectivity index (χ2n) is 4.37. The Hall–Kier alpha value is -1.95. The first-order valence-corrected chi connectivity index (χ1v) is 6.45. The van der Waals surface area contributed by atoms with Crippen molar-refractivity contribution in [1.82, 2.24) is 5.32 Å². The molecule has 2 amide bonds. The summed E-state index contributed by atoms with van der Waals surface area (Å²) < 4.78 is 10.2. The van der Waals surface area contributed by atoms with Gasteiger partial charge in [0.2, 0.25) is 5.91 Å². The van der Waals surface area contributed by atoms with Crippen LogP contribution in [0, 0.1) is 0 Å². The number of benzene rings is 1. The topological polar surface area (TPSA) is 67.9 Å². The van der Waals surface area contributed by atoms with Crippen molar-refractivity contribution in [2.75, 3.05) is 25.1 Å². The minimum absolute atomic E-state index is 0.160.